The van der Waals surface area contributed by atoms with Gasteiger partial charge >= 0.3 is 0 Å². The van der Waals surface area contributed by atoms with Crippen molar-refractivity contribution in [1.82, 2.24) is 5.32 Å². The van der Waals surface area contributed by atoms with E-state index in [0.29, 0.717) is 6.42 Å². The Bertz CT molecular complexity index is 302. The van der Waals surface area contributed by atoms with Gasteiger partial charge in [-0.15, -0.1) is 0 Å². The number of carbonyl (C=O) groups is 1. The highest BCUT2D eigenvalue weighted by atomic mass is 16.3. The van der Waals surface area contributed by atoms with E-state index in [9.17, 15) is 9.90 Å². The van der Waals surface area contributed by atoms with Crippen molar-refractivity contribution in [3.8, 4) is 0 Å². The molecule has 1 amide bonds. The maximum absolute atomic E-state index is 10.6. The fourth-order valence-corrected chi connectivity index (χ4v) is 1.46. The zero-order valence-electron chi connectivity index (χ0n) is 7.10. The molecule has 3 heteroatoms. The van der Waals surface area contributed by atoms with E-state index in [-0.39, 0.29) is 11.9 Å². The van der Waals surface area contributed by atoms with Gasteiger partial charge < -0.3 is 10.4 Å². The Morgan fingerprint density at radius 3 is 2.54 bits per heavy atom. The van der Waals surface area contributed by atoms with Crippen LogP contribution in [0.2, 0.25) is 0 Å². The lowest BCUT2D eigenvalue weighted by molar-refractivity contribution is -0.131. The third kappa shape index (κ3) is 1.55. The lowest BCUT2D eigenvalue weighted by Crippen LogP contribution is -2.51. The summed E-state index contributed by atoms with van der Waals surface area (Å²) in [6, 6.07) is 9.26. The molecule has 0 saturated carbocycles. The van der Waals surface area contributed by atoms with Gasteiger partial charge in [0.1, 0.15) is 0 Å². The van der Waals surface area contributed by atoms with E-state index in [2.05, 4.69) is 5.32 Å². The molecule has 1 heterocycles. The Labute approximate surface area is 76.4 Å². The van der Waals surface area contributed by atoms with Crippen LogP contribution in [-0.4, -0.2) is 17.1 Å². The first-order valence-corrected chi connectivity index (χ1v) is 4.30. The van der Waals surface area contributed by atoms with Crippen LogP contribution in [0.1, 0.15) is 18.1 Å². The van der Waals surface area contributed by atoms with Crippen LogP contribution in [0.25, 0.3) is 0 Å². The molecule has 3 nitrogen and oxygen atoms in total. The van der Waals surface area contributed by atoms with Crippen molar-refractivity contribution in [1.29, 1.82) is 0 Å². The summed E-state index contributed by atoms with van der Waals surface area (Å²) in [7, 11) is 0. The fraction of sp³-hybridized carbons (Fsp3) is 0.300. The molecule has 1 saturated heterocycles. The second kappa shape index (κ2) is 3.18. The molecule has 0 aromatic heterocycles. The van der Waals surface area contributed by atoms with Crippen molar-refractivity contribution < 1.29 is 9.90 Å². The number of benzene rings is 1. The fourth-order valence-electron chi connectivity index (χ4n) is 1.46. The number of β-lactam (4-membered cyclic amide) rings is 1. The Morgan fingerprint density at radius 1 is 1.38 bits per heavy atom. The van der Waals surface area contributed by atoms with Gasteiger partial charge in [-0.2, -0.15) is 0 Å². The molecule has 0 spiro atoms. The summed E-state index contributed by atoms with van der Waals surface area (Å²) in [5.74, 6) is 0.0139. The average Bonchev–Trinajstić information content (AvgIpc) is 2.13. The molecule has 13 heavy (non-hydrogen) atoms. The predicted octanol–water partition coefficient (Wildman–Crippen LogP) is 0.609. The first kappa shape index (κ1) is 8.26. The number of nitrogens with one attached hydrogen (secondary N) is 1. The summed E-state index contributed by atoms with van der Waals surface area (Å²) < 4.78 is 0. The minimum Gasteiger partial charge on any atom is -0.386 e. The Kier molecular flexibility index (Phi) is 2.02. The van der Waals surface area contributed by atoms with Crippen LogP contribution in [0.3, 0.4) is 0 Å². The number of hydrogen-bond donors (Lipinski definition) is 2. The van der Waals surface area contributed by atoms with Gasteiger partial charge in [0, 0.05) is 6.42 Å². The minimum absolute atomic E-state index is 0.0139. The molecule has 0 bridgehead atoms. The SMILES string of the molecule is O=C1C[C@H]([C@H](O)c2ccccc2)N1. The molecule has 0 unspecified atom stereocenters. The van der Waals surface area contributed by atoms with Crippen molar-refractivity contribution in [3.63, 3.8) is 0 Å². The summed E-state index contributed by atoms with van der Waals surface area (Å²) in [5.41, 5.74) is 0.854. The van der Waals surface area contributed by atoms with Crippen LogP contribution in [0.4, 0.5) is 0 Å². The van der Waals surface area contributed by atoms with Gasteiger partial charge in [0.25, 0.3) is 0 Å². The highest BCUT2D eigenvalue weighted by molar-refractivity contribution is 5.83. The number of rotatable bonds is 2. The summed E-state index contributed by atoms with van der Waals surface area (Å²) >= 11 is 0. The van der Waals surface area contributed by atoms with Crippen LogP contribution in [-0.2, 0) is 4.79 Å². The monoisotopic (exact) mass is 177 g/mol. The topological polar surface area (TPSA) is 49.3 Å². The number of aliphatic hydroxyl groups is 1. The minimum atomic E-state index is -0.570. The zero-order valence-corrected chi connectivity index (χ0v) is 7.10. The highest BCUT2D eigenvalue weighted by Crippen LogP contribution is 2.22. The van der Waals surface area contributed by atoms with Gasteiger partial charge in [-0.3, -0.25) is 4.79 Å². The van der Waals surface area contributed by atoms with E-state index < -0.39 is 6.10 Å². The summed E-state index contributed by atoms with van der Waals surface area (Å²) in [4.78, 5) is 10.6. The van der Waals surface area contributed by atoms with E-state index in [1.165, 1.54) is 0 Å². The van der Waals surface area contributed by atoms with Gasteiger partial charge in [-0.25, -0.2) is 0 Å². The Balaban J connectivity index is 2.06. The molecule has 0 radical (unpaired) electrons. The third-order valence-electron chi connectivity index (χ3n) is 2.27. The van der Waals surface area contributed by atoms with Crippen molar-refractivity contribution in [3.05, 3.63) is 35.9 Å². The third-order valence-corrected chi connectivity index (χ3v) is 2.27. The van der Waals surface area contributed by atoms with Gasteiger partial charge in [0.15, 0.2) is 0 Å². The van der Waals surface area contributed by atoms with Crippen molar-refractivity contribution >= 4 is 5.91 Å². The van der Waals surface area contributed by atoms with E-state index in [1.807, 2.05) is 30.3 Å². The molecule has 2 N–H and O–H groups in total. The van der Waals surface area contributed by atoms with Crippen molar-refractivity contribution in [2.24, 2.45) is 0 Å². The number of aliphatic hydroxyl groups excluding tert-OH is 1. The molecule has 2 rings (SSSR count). The predicted molar refractivity (Wildman–Crippen MR) is 47.9 cm³/mol. The van der Waals surface area contributed by atoms with Crippen LogP contribution >= 0.6 is 0 Å². The van der Waals surface area contributed by atoms with E-state index >= 15 is 0 Å². The largest absolute Gasteiger partial charge is 0.386 e. The molecule has 1 fully saturated rings. The molecular formula is C10H11NO2. The van der Waals surface area contributed by atoms with Crippen LogP contribution in [0, 0.1) is 0 Å². The molecule has 1 aromatic rings. The van der Waals surface area contributed by atoms with Gasteiger partial charge in [0.05, 0.1) is 12.1 Å². The molecule has 0 aliphatic carbocycles. The molecule has 2 atom stereocenters. The smallest absolute Gasteiger partial charge is 0.222 e. The first-order valence-electron chi connectivity index (χ1n) is 4.30. The van der Waals surface area contributed by atoms with Crippen molar-refractivity contribution in [2.75, 3.05) is 0 Å². The summed E-state index contributed by atoms with van der Waals surface area (Å²) in [6.45, 7) is 0. The molecular weight excluding hydrogens is 166 g/mol. The van der Waals surface area contributed by atoms with Gasteiger partial charge in [0.2, 0.25) is 5.91 Å². The first-order chi connectivity index (χ1) is 6.27. The number of hydrogen-bond acceptors (Lipinski definition) is 2. The van der Waals surface area contributed by atoms with E-state index in [0.717, 1.165) is 5.56 Å². The number of amides is 1. The lowest BCUT2D eigenvalue weighted by Gasteiger charge is -2.31. The lowest BCUT2D eigenvalue weighted by atomic mass is 9.94. The van der Waals surface area contributed by atoms with Gasteiger partial charge in [-0.1, -0.05) is 30.3 Å². The maximum Gasteiger partial charge on any atom is 0.222 e. The van der Waals surface area contributed by atoms with Crippen LogP contribution < -0.4 is 5.32 Å². The Hall–Kier alpha value is -1.35. The highest BCUT2D eigenvalue weighted by Gasteiger charge is 2.32. The number of carbonyl (C=O) groups excluding carboxylic acids is 1. The van der Waals surface area contributed by atoms with Crippen LogP contribution in [0.15, 0.2) is 30.3 Å². The summed E-state index contributed by atoms with van der Waals surface area (Å²) in [6.07, 6.45) is -0.144. The summed E-state index contributed by atoms with van der Waals surface area (Å²) in [5, 5.41) is 12.4. The molecule has 1 aliphatic rings. The van der Waals surface area contributed by atoms with Crippen molar-refractivity contribution in [2.45, 2.75) is 18.6 Å². The Morgan fingerprint density at radius 2 is 2.00 bits per heavy atom. The normalized spacial score (nSPS) is 23.2. The zero-order chi connectivity index (χ0) is 9.26. The quantitative estimate of drug-likeness (QED) is 0.650. The molecule has 68 valence electrons. The molecule has 1 aliphatic heterocycles. The maximum atomic E-state index is 10.6. The average molecular weight is 177 g/mol. The van der Waals surface area contributed by atoms with E-state index in [1.54, 1.807) is 0 Å². The van der Waals surface area contributed by atoms with E-state index in [4.69, 9.17) is 0 Å². The second-order valence-electron chi connectivity index (χ2n) is 3.23. The second-order valence-corrected chi connectivity index (χ2v) is 3.23. The standard InChI is InChI=1S/C10H11NO2/c12-9-6-8(11-9)10(13)7-4-2-1-3-5-7/h1-5,8,10,13H,6H2,(H,11,12)/t8-,10-/m1/s1. The van der Waals surface area contributed by atoms with Crippen LogP contribution in [0.5, 0.6) is 0 Å². The van der Waals surface area contributed by atoms with Gasteiger partial charge in [-0.05, 0) is 5.56 Å². The molecule has 1 aromatic carbocycles.